The van der Waals surface area contributed by atoms with Crippen molar-refractivity contribution >= 4 is 11.9 Å². The predicted octanol–water partition coefficient (Wildman–Crippen LogP) is 16.9. The Morgan fingerprint density at radius 2 is 0.556 bits per heavy atom. The first-order valence-electron chi connectivity index (χ1n) is 28.6. The molecule has 0 radical (unpaired) electrons. The predicted molar refractivity (Wildman–Crippen MR) is 295 cm³/mol. The van der Waals surface area contributed by atoms with Crippen molar-refractivity contribution in [3.8, 4) is 23.0 Å². The van der Waals surface area contributed by atoms with Crippen molar-refractivity contribution in [2.75, 3.05) is 40.6 Å². The third kappa shape index (κ3) is 18.8. The van der Waals surface area contributed by atoms with Crippen LogP contribution in [-0.4, -0.2) is 52.6 Å². The van der Waals surface area contributed by atoms with Crippen LogP contribution in [0.25, 0.3) is 0 Å². The molecule has 1 aliphatic rings. The Kier molecular flexibility index (Phi) is 27.1. The molecule has 0 aliphatic heterocycles. The van der Waals surface area contributed by atoms with E-state index in [4.69, 9.17) is 28.4 Å². The van der Waals surface area contributed by atoms with E-state index < -0.39 is 11.9 Å². The summed E-state index contributed by atoms with van der Waals surface area (Å²) in [5.74, 6) is 2.43. The normalized spacial score (nSPS) is 12.1. The van der Waals surface area contributed by atoms with Crippen LogP contribution in [0.15, 0.2) is 60.7 Å². The van der Waals surface area contributed by atoms with Crippen LogP contribution in [0.2, 0.25) is 0 Å². The van der Waals surface area contributed by atoms with E-state index in [2.05, 4.69) is 64.1 Å². The van der Waals surface area contributed by atoms with Crippen LogP contribution in [-0.2, 0) is 35.2 Å². The molecule has 4 aromatic rings. The van der Waals surface area contributed by atoms with E-state index in [1.54, 1.807) is 0 Å². The Balaban J connectivity index is 1.72. The number of carbonyl (C=O) groups excluding carboxylic acids is 2. The molecule has 0 atom stereocenters. The largest absolute Gasteiger partial charge is 0.493 e. The van der Waals surface area contributed by atoms with Crippen molar-refractivity contribution in [1.29, 1.82) is 0 Å². The molecule has 0 amide bonds. The molecule has 8 heteroatoms. The summed E-state index contributed by atoms with van der Waals surface area (Å²) in [5, 5.41) is 0. The molecule has 5 rings (SSSR count). The second kappa shape index (κ2) is 33.7. The van der Waals surface area contributed by atoms with Crippen LogP contribution < -0.4 is 18.9 Å². The maximum Gasteiger partial charge on any atom is 0.337 e. The molecule has 8 bridgehead atoms. The average Bonchev–Trinajstić information content (AvgIpc) is 3.38. The fraction of sp³-hybridized carbons (Fsp3) is 0.594. The first-order chi connectivity index (χ1) is 35.3. The summed E-state index contributed by atoms with van der Waals surface area (Å²) in [6.07, 6.45) is 29.6. The number of hydrogen-bond acceptors (Lipinski definition) is 8. The van der Waals surface area contributed by atoms with E-state index in [1.165, 1.54) is 117 Å². The first-order valence-corrected chi connectivity index (χ1v) is 28.6. The standard InChI is InChI=1S/C64H92O8/c1-7-11-15-19-23-27-37-69-59-49-33-31-35-51(59)42-53-45-57(63(65)67-5)47-55(61(53)71-39-29-25-21-17-13-9-3)44-56-48-58(64(66)68-6)46-54(62(56)72-40-30-26-22-18-14-10-4)43-52-36-32-34-50(41-49)60(52)70-38-28-24-20-16-12-8-2/h31-36,45-48H,7-30,37-44H2,1-6H3. The minimum Gasteiger partial charge on any atom is -0.493 e. The Labute approximate surface area is 435 Å². The van der Waals surface area contributed by atoms with Gasteiger partial charge in [-0.2, -0.15) is 0 Å². The van der Waals surface area contributed by atoms with E-state index in [0.717, 1.165) is 119 Å². The molecular formula is C64H92O8. The summed E-state index contributed by atoms with van der Waals surface area (Å²) in [4.78, 5) is 27.4. The highest BCUT2D eigenvalue weighted by atomic mass is 16.5. The number of esters is 2. The quantitative estimate of drug-likeness (QED) is 0.0297. The number of benzene rings is 4. The molecule has 0 saturated carbocycles. The summed E-state index contributed by atoms with van der Waals surface area (Å²) in [5.41, 5.74) is 8.57. The Morgan fingerprint density at radius 3 is 0.819 bits per heavy atom. The molecule has 72 heavy (non-hydrogen) atoms. The minimum absolute atomic E-state index is 0.343. The summed E-state index contributed by atoms with van der Waals surface area (Å²) >= 11 is 0. The van der Waals surface area contributed by atoms with Gasteiger partial charge in [0.05, 0.1) is 51.8 Å². The summed E-state index contributed by atoms with van der Waals surface area (Å²) < 4.78 is 38.8. The van der Waals surface area contributed by atoms with E-state index in [0.29, 0.717) is 63.2 Å². The molecule has 0 saturated heterocycles. The average molecular weight is 989 g/mol. The van der Waals surface area contributed by atoms with E-state index in [1.807, 2.05) is 24.3 Å². The van der Waals surface area contributed by atoms with Crippen LogP contribution in [0.5, 0.6) is 23.0 Å². The number of rotatable bonds is 34. The van der Waals surface area contributed by atoms with Gasteiger partial charge in [0, 0.05) is 25.7 Å². The van der Waals surface area contributed by atoms with Crippen molar-refractivity contribution in [2.45, 2.75) is 207 Å². The number of hydrogen-bond donors (Lipinski definition) is 0. The van der Waals surface area contributed by atoms with Crippen LogP contribution in [0, 0.1) is 0 Å². The highest BCUT2D eigenvalue weighted by Crippen LogP contribution is 2.40. The lowest BCUT2D eigenvalue weighted by Crippen LogP contribution is -2.13. The zero-order valence-corrected chi connectivity index (χ0v) is 45.7. The van der Waals surface area contributed by atoms with Crippen LogP contribution >= 0.6 is 0 Å². The molecule has 8 nitrogen and oxygen atoms in total. The van der Waals surface area contributed by atoms with Gasteiger partial charge < -0.3 is 28.4 Å². The lowest BCUT2D eigenvalue weighted by molar-refractivity contribution is 0.0591. The van der Waals surface area contributed by atoms with Gasteiger partial charge >= 0.3 is 11.9 Å². The smallest absolute Gasteiger partial charge is 0.337 e. The van der Waals surface area contributed by atoms with Crippen molar-refractivity contribution < 1.29 is 38.0 Å². The van der Waals surface area contributed by atoms with Gasteiger partial charge in [0.15, 0.2) is 0 Å². The fourth-order valence-electron chi connectivity index (χ4n) is 10.1. The van der Waals surface area contributed by atoms with Gasteiger partial charge in [-0.3, -0.25) is 0 Å². The van der Waals surface area contributed by atoms with Crippen molar-refractivity contribution in [2.24, 2.45) is 0 Å². The van der Waals surface area contributed by atoms with Crippen LogP contribution in [0.3, 0.4) is 0 Å². The van der Waals surface area contributed by atoms with Crippen molar-refractivity contribution in [3.05, 3.63) is 116 Å². The van der Waals surface area contributed by atoms with Gasteiger partial charge in [-0.1, -0.05) is 193 Å². The number of methoxy groups -OCH3 is 2. The van der Waals surface area contributed by atoms with Gasteiger partial charge in [-0.05, 0) is 94.5 Å². The Bertz CT molecular complexity index is 2060. The topological polar surface area (TPSA) is 89.5 Å². The SMILES string of the molecule is CCCCCCCCOc1c2cccc1Cc1cc(C(=O)OC)cc(c1OCCCCCCCC)Cc1cc(C(=O)OC)cc(c1OCCCCCCCC)Cc1cccc(c1OCCCCCCCC)C2. The third-order valence-electron chi connectivity index (χ3n) is 14.2. The molecule has 0 N–H and O–H groups in total. The number of ether oxygens (including phenoxy) is 6. The minimum atomic E-state index is -0.418. The number of unbranched alkanes of at least 4 members (excludes halogenated alkanes) is 20. The highest BCUT2D eigenvalue weighted by Gasteiger charge is 2.25. The lowest BCUT2D eigenvalue weighted by Gasteiger charge is -2.24. The Hall–Kier alpha value is -4.98. The molecule has 0 unspecified atom stereocenters. The molecule has 0 aromatic heterocycles. The molecule has 396 valence electrons. The second-order valence-electron chi connectivity index (χ2n) is 20.2. The van der Waals surface area contributed by atoms with E-state index >= 15 is 0 Å². The molecule has 0 spiro atoms. The van der Waals surface area contributed by atoms with Gasteiger partial charge in [-0.15, -0.1) is 0 Å². The number of para-hydroxylation sites is 2. The van der Waals surface area contributed by atoms with Gasteiger partial charge in [-0.25, -0.2) is 9.59 Å². The summed E-state index contributed by atoms with van der Waals surface area (Å²) in [7, 11) is 2.86. The van der Waals surface area contributed by atoms with Gasteiger partial charge in [0.1, 0.15) is 23.0 Å². The maximum atomic E-state index is 13.7. The first kappa shape index (κ1) is 57.9. The molecule has 1 aliphatic carbocycles. The van der Waals surface area contributed by atoms with E-state index in [-0.39, 0.29) is 0 Å². The maximum absolute atomic E-state index is 13.7. The fourth-order valence-corrected chi connectivity index (χ4v) is 10.1. The zero-order valence-electron chi connectivity index (χ0n) is 45.7. The number of fused-ring (bicyclic) bond motifs is 8. The molecular weight excluding hydrogens is 897 g/mol. The second-order valence-corrected chi connectivity index (χ2v) is 20.2. The lowest BCUT2D eigenvalue weighted by atomic mass is 9.89. The highest BCUT2D eigenvalue weighted by molar-refractivity contribution is 5.91. The summed E-state index contributed by atoms with van der Waals surface area (Å²) in [6, 6.07) is 20.7. The van der Waals surface area contributed by atoms with Crippen molar-refractivity contribution in [3.63, 3.8) is 0 Å². The number of carbonyl (C=O) groups is 2. The van der Waals surface area contributed by atoms with Gasteiger partial charge in [0.2, 0.25) is 0 Å². The molecule has 4 aromatic carbocycles. The third-order valence-corrected chi connectivity index (χ3v) is 14.2. The van der Waals surface area contributed by atoms with Gasteiger partial charge in [0.25, 0.3) is 0 Å². The van der Waals surface area contributed by atoms with Crippen LogP contribution in [0.1, 0.15) is 247 Å². The van der Waals surface area contributed by atoms with E-state index in [9.17, 15) is 9.59 Å². The van der Waals surface area contributed by atoms with Crippen LogP contribution in [0.4, 0.5) is 0 Å². The monoisotopic (exact) mass is 989 g/mol. The Morgan fingerprint density at radius 1 is 0.333 bits per heavy atom. The zero-order chi connectivity index (χ0) is 51.2. The molecule has 0 heterocycles. The molecule has 0 fully saturated rings. The van der Waals surface area contributed by atoms with Crippen molar-refractivity contribution in [1.82, 2.24) is 0 Å². The summed E-state index contributed by atoms with van der Waals surface area (Å²) in [6.45, 7) is 11.3.